The number of rotatable bonds is 3. The van der Waals surface area contributed by atoms with Gasteiger partial charge in [-0.15, -0.1) is 0 Å². The number of halogens is 3. The van der Waals surface area contributed by atoms with E-state index < -0.39 is 24.2 Å². The predicted molar refractivity (Wildman–Crippen MR) is 56.4 cm³/mol. The van der Waals surface area contributed by atoms with Crippen molar-refractivity contribution in [3.8, 4) is 0 Å². The van der Waals surface area contributed by atoms with Crippen LogP contribution in [0.4, 0.5) is 8.78 Å². The topological polar surface area (TPSA) is 54.9 Å². The van der Waals surface area contributed by atoms with Crippen molar-refractivity contribution >= 4 is 11.6 Å². The molecule has 90 valence electrons. The number of aromatic amines is 1. The minimum atomic E-state index is -2.76. The summed E-state index contributed by atoms with van der Waals surface area (Å²) in [6.07, 6.45) is -2.76. The number of hydrogen-bond acceptors (Lipinski definition) is 2. The van der Waals surface area contributed by atoms with Crippen LogP contribution < -0.4 is 11.2 Å². The van der Waals surface area contributed by atoms with E-state index in [9.17, 15) is 18.4 Å². The molecule has 0 aliphatic rings. The van der Waals surface area contributed by atoms with Gasteiger partial charge in [0.1, 0.15) is 5.15 Å². The fraction of sp³-hybridized carbons (Fsp3) is 0.556. The lowest BCUT2D eigenvalue weighted by molar-refractivity contribution is 0.123. The minimum absolute atomic E-state index is 0.0875. The summed E-state index contributed by atoms with van der Waals surface area (Å²) >= 11 is 5.68. The Hall–Kier alpha value is -1.17. The molecular formula is C9H11ClF2N2O2. The predicted octanol–water partition coefficient (Wildman–Crippen LogP) is 1.58. The van der Waals surface area contributed by atoms with Gasteiger partial charge in [0, 0.05) is 0 Å². The van der Waals surface area contributed by atoms with Crippen molar-refractivity contribution in [2.75, 3.05) is 0 Å². The second-order valence-electron chi connectivity index (χ2n) is 3.62. The highest BCUT2D eigenvalue weighted by molar-refractivity contribution is 6.30. The molecule has 1 aromatic rings. The molecule has 16 heavy (non-hydrogen) atoms. The molecule has 1 N–H and O–H groups in total. The first-order valence-corrected chi connectivity index (χ1v) is 5.03. The minimum Gasteiger partial charge on any atom is -0.297 e. The molecule has 0 aliphatic carbocycles. The second kappa shape index (κ2) is 4.78. The van der Waals surface area contributed by atoms with Crippen LogP contribution in [0, 0.1) is 0 Å². The Labute approximate surface area is 94.9 Å². The largest absolute Gasteiger partial charge is 0.329 e. The van der Waals surface area contributed by atoms with Crippen LogP contribution in [0.3, 0.4) is 0 Å². The summed E-state index contributed by atoms with van der Waals surface area (Å²) in [5.74, 6) is -0.249. The quantitative estimate of drug-likeness (QED) is 0.831. The molecule has 1 rings (SSSR count). The molecule has 0 spiro atoms. The Morgan fingerprint density at radius 3 is 2.38 bits per heavy atom. The zero-order chi connectivity index (χ0) is 12.5. The van der Waals surface area contributed by atoms with Crippen LogP contribution in [-0.4, -0.2) is 16.0 Å². The summed E-state index contributed by atoms with van der Waals surface area (Å²) in [7, 11) is 0. The van der Waals surface area contributed by atoms with E-state index in [2.05, 4.69) is 4.98 Å². The van der Waals surface area contributed by atoms with Crippen molar-refractivity contribution in [2.45, 2.75) is 32.7 Å². The molecule has 0 aliphatic heterocycles. The summed E-state index contributed by atoms with van der Waals surface area (Å²) in [4.78, 5) is 25.1. The van der Waals surface area contributed by atoms with Crippen LogP contribution >= 0.6 is 11.6 Å². The van der Waals surface area contributed by atoms with E-state index in [0.717, 1.165) is 0 Å². The van der Waals surface area contributed by atoms with Crippen molar-refractivity contribution < 1.29 is 8.78 Å². The summed E-state index contributed by atoms with van der Waals surface area (Å²) in [5.41, 5.74) is -1.54. The molecule has 4 nitrogen and oxygen atoms in total. The van der Waals surface area contributed by atoms with Crippen LogP contribution in [0.2, 0.25) is 5.15 Å². The molecular weight excluding hydrogens is 242 g/mol. The molecule has 1 aromatic heterocycles. The number of nitrogens with zero attached hydrogens (tertiary/aromatic N) is 1. The van der Waals surface area contributed by atoms with Crippen molar-refractivity contribution in [1.29, 1.82) is 0 Å². The molecule has 0 saturated heterocycles. The lowest BCUT2D eigenvalue weighted by atomic mass is 10.1. The van der Waals surface area contributed by atoms with Crippen molar-refractivity contribution in [3.63, 3.8) is 0 Å². The Morgan fingerprint density at radius 1 is 1.38 bits per heavy atom. The first-order valence-electron chi connectivity index (χ1n) is 4.65. The summed E-state index contributed by atoms with van der Waals surface area (Å²) in [6, 6.07) is 0. The van der Waals surface area contributed by atoms with E-state index >= 15 is 0 Å². The van der Waals surface area contributed by atoms with Crippen LogP contribution in [0.5, 0.6) is 0 Å². The number of H-pyrrole nitrogens is 1. The number of nitrogens with one attached hydrogen (secondary N) is 1. The third kappa shape index (κ3) is 2.49. The lowest BCUT2D eigenvalue weighted by Gasteiger charge is -2.10. The zero-order valence-electron chi connectivity index (χ0n) is 8.76. The van der Waals surface area contributed by atoms with Gasteiger partial charge in [-0.25, -0.2) is 13.6 Å². The van der Waals surface area contributed by atoms with E-state index in [0.29, 0.717) is 4.57 Å². The van der Waals surface area contributed by atoms with Gasteiger partial charge < -0.3 is 0 Å². The number of alkyl halides is 2. The van der Waals surface area contributed by atoms with Gasteiger partial charge in [-0.2, -0.15) is 0 Å². The summed E-state index contributed by atoms with van der Waals surface area (Å²) in [5, 5.41) is -0.0875. The Morgan fingerprint density at radius 2 is 1.94 bits per heavy atom. The van der Waals surface area contributed by atoms with Crippen LogP contribution in [-0.2, 0) is 6.54 Å². The maximum Gasteiger partial charge on any atom is 0.329 e. The number of aromatic nitrogens is 2. The van der Waals surface area contributed by atoms with E-state index in [1.54, 1.807) is 13.8 Å². The molecule has 0 radical (unpaired) electrons. The van der Waals surface area contributed by atoms with E-state index in [1.807, 2.05) is 0 Å². The van der Waals surface area contributed by atoms with Gasteiger partial charge >= 0.3 is 5.69 Å². The molecule has 0 aromatic carbocycles. The first kappa shape index (κ1) is 12.9. The van der Waals surface area contributed by atoms with E-state index in [1.165, 1.54) is 0 Å². The van der Waals surface area contributed by atoms with Crippen LogP contribution in [0.25, 0.3) is 0 Å². The molecule has 0 fully saturated rings. The van der Waals surface area contributed by atoms with Gasteiger partial charge in [0.25, 0.3) is 12.0 Å². The molecule has 0 atom stereocenters. The molecule has 0 amide bonds. The average molecular weight is 253 g/mol. The molecule has 0 unspecified atom stereocenters. The Bertz CT molecular complexity index is 493. The highest BCUT2D eigenvalue weighted by Gasteiger charge is 2.17. The van der Waals surface area contributed by atoms with Gasteiger partial charge in [-0.3, -0.25) is 14.3 Å². The van der Waals surface area contributed by atoms with Gasteiger partial charge in [-0.05, 0) is 5.92 Å². The summed E-state index contributed by atoms with van der Waals surface area (Å²) < 4.78 is 24.8. The fourth-order valence-electron chi connectivity index (χ4n) is 1.36. The third-order valence-corrected chi connectivity index (χ3v) is 2.37. The summed E-state index contributed by atoms with van der Waals surface area (Å²) in [6.45, 7) is 2.45. The molecule has 0 bridgehead atoms. The van der Waals surface area contributed by atoms with E-state index in [4.69, 9.17) is 11.6 Å². The average Bonchev–Trinajstić information content (AvgIpc) is 2.10. The smallest absolute Gasteiger partial charge is 0.297 e. The Balaban J connectivity index is 3.46. The maximum atomic E-state index is 12.2. The highest BCUT2D eigenvalue weighted by Crippen LogP contribution is 2.16. The molecule has 0 saturated carbocycles. The third-order valence-electron chi connectivity index (χ3n) is 2.07. The first-order chi connectivity index (χ1) is 7.34. The Kier molecular flexibility index (Phi) is 3.85. The highest BCUT2D eigenvalue weighted by atomic mass is 35.5. The van der Waals surface area contributed by atoms with Gasteiger partial charge in [0.2, 0.25) is 0 Å². The van der Waals surface area contributed by atoms with Crippen molar-refractivity contribution in [2.24, 2.45) is 0 Å². The zero-order valence-corrected chi connectivity index (χ0v) is 9.52. The number of hydrogen-bond donors (Lipinski definition) is 1. The van der Waals surface area contributed by atoms with Crippen LogP contribution in [0.15, 0.2) is 9.59 Å². The maximum absolute atomic E-state index is 12.2. The normalized spacial score (nSPS) is 11.4. The monoisotopic (exact) mass is 252 g/mol. The van der Waals surface area contributed by atoms with Crippen LogP contribution in [0.1, 0.15) is 25.3 Å². The van der Waals surface area contributed by atoms with Gasteiger partial charge in [0.05, 0.1) is 12.1 Å². The second-order valence-corrected chi connectivity index (χ2v) is 4.00. The van der Waals surface area contributed by atoms with Gasteiger partial charge in [-0.1, -0.05) is 25.4 Å². The van der Waals surface area contributed by atoms with Crippen molar-refractivity contribution in [3.05, 3.63) is 31.6 Å². The van der Waals surface area contributed by atoms with E-state index in [-0.39, 0.29) is 16.6 Å². The standard InChI is InChI=1S/C9H11ClF2N2O2/c1-4(2)6-7(10)13-9(16)14(8(6)15)3-5(11)12/h4-5H,3H2,1-2H3,(H,13,16). The molecule has 1 heterocycles. The van der Waals surface area contributed by atoms with Gasteiger partial charge in [0.15, 0.2) is 0 Å². The fourth-order valence-corrected chi connectivity index (χ4v) is 1.74. The molecule has 7 heteroatoms. The van der Waals surface area contributed by atoms with Crippen molar-refractivity contribution in [1.82, 2.24) is 9.55 Å². The lowest BCUT2D eigenvalue weighted by Crippen LogP contribution is -2.39. The SMILES string of the molecule is CC(C)c1c(Cl)[nH]c(=O)n(CC(F)F)c1=O.